The minimum atomic E-state index is -3.35. The van der Waals surface area contributed by atoms with Crippen LogP contribution in [0.3, 0.4) is 0 Å². The number of nitrogens with zero attached hydrogens (tertiary/aromatic N) is 4. The summed E-state index contributed by atoms with van der Waals surface area (Å²) in [5.41, 5.74) is 9.41. The lowest BCUT2D eigenvalue weighted by Crippen LogP contribution is -2.30. The minimum Gasteiger partial charge on any atom is -0.462 e. The molecule has 0 saturated carbocycles. The van der Waals surface area contributed by atoms with Gasteiger partial charge in [-0.25, -0.2) is 24.5 Å². The summed E-state index contributed by atoms with van der Waals surface area (Å²) in [5.74, 6) is -0.466. The lowest BCUT2D eigenvalue weighted by Gasteiger charge is -2.24. The maximum absolute atomic E-state index is 14.4. The number of imidazole rings is 1. The van der Waals surface area contributed by atoms with Crippen LogP contribution in [0.5, 0.6) is 0 Å². The molecule has 0 aliphatic heterocycles. The van der Waals surface area contributed by atoms with Crippen LogP contribution >= 0.6 is 7.44 Å². The van der Waals surface area contributed by atoms with Crippen LogP contribution in [0.15, 0.2) is 61.2 Å². The monoisotopic (exact) mass is 707 g/mol. The molecule has 14 heteroatoms. The number of carbonyl (C=O) groups is 2. The molecule has 0 saturated heterocycles. The number of benzene rings is 2. The molecule has 0 spiro atoms. The highest BCUT2D eigenvalue weighted by atomic mass is 31.2. The molecule has 0 aliphatic carbocycles. The van der Waals surface area contributed by atoms with Crippen LogP contribution in [0.2, 0.25) is 0 Å². The molecule has 4 aromatic rings. The predicted octanol–water partition coefficient (Wildman–Crippen LogP) is 5.79. The van der Waals surface area contributed by atoms with Crippen LogP contribution in [-0.4, -0.2) is 70.2 Å². The molecule has 2 heterocycles. The summed E-state index contributed by atoms with van der Waals surface area (Å²) in [6.07, 6.45) is 5.11. The van der Waals surface area contributed by atoms with Crippen LogP contribution in [0, 0.1) is 5.41 Å². The topological polar surface area (TPSA) is 173 Å². The molecule has 4 N–H and O–H groups in total. The van der Waals surface area contributed by atoms with Crippen molar-refractivity contribution in [1.29, 1.82) is 0 Å². The van der Waals surface area contributed by atoms with Crippen molar-refractivity contribution in [3.63, 3.8) is 0 Å². The summed E-state index contributed by atoms with van der Waals surface area (Å²) in [6.45, 7) is 11.6. The first kappa shape index (κ1) is 38.6. The number of fused-ring (bicyclic) bond motifs is 1. The number of anilines is 1. The Morgan fingerprint density at radius 3 is 2.12 bits per heavy atom. The normalized spacial score (nSPS) is 13.5. The zero-order chi connectivity index (χ0) is 36.1. The number of ether oxygens (including phenoxy) is 3. The van der Waals surface area contributed by atoms with Crippen molar-refractivity contribution in [3.8, 4) is 0 Å². The molecular weight excluding hydrogens is 657 g/mol. The van der Waals surface area contributed by atoms with E-state index in [1.807, 2.05) is 63.5 Å². The smallest absolute Gasteiger partial charge is 0.338 e. The zero-order valence-corrected chi connectivity index (χ0v) is 30.6. The highest BCUT2D eigenvalue weighted by molar-refractivity contribution is 7.59. The fourth-order valence-corrected chi connectivity index (χ4v) is 6.81. The Hall–Kier alpha value is -4.16. The van der Waals surface area contributed by atoms with Gasteiger partial charge in [-0.3, -0.25) is 14.7 Å². The number of rotatable bonds is 19. The molecule has 2 aromatic heterocycles. The number of unbranched alkanes of at least 4 members (excludes halogenated alkanes) is 1. The quantitative estimate of drug-likeness (QED) is 0.0610. The standard InChI is InChI=1S/C36H50N7O6P/c1-6-7-20-47-34(44)29-14-10-8-12-27(29)16-18-41-50(46,25-49-26(2)21-43-24-40-31-32(37)38-23-39-33(31)43)42-19-17-28-13-9-11-15-30(28)35(45)48-22-36(3,4)5/h8-15,23-24,26H,6-7,16-22,25H2,1-5H3,(H2,37,38,39)(H2,41,42,46)/t26-,50?/m1/s1. The van der Waals surface area contributed by atoms with E-state index in [1.165, 1.54) is 6.33 Å². The number of nitrogen functional groups attached to an aromatic ring is 1. The molecule has 0 bridgehead atoms. The number of nitrogens with two attached hydrogens (primary N) is 1. The number of esters is 2. The molecule has 0 radical (unpaired) electrons. The minimum absolute atomic E-state index is 0.117. The molecule has 50 heavy (non-hydrogen) atoms. The van der Waals surface area contributed by atoms with Crippen molar-refractivity contribution in [2.45, 2.75) is 73.0 Å². The maximum Gasteiger partial charge on any atom is 0.338 e. The molecule has 4 rings (SSSR count). The zero-order valence-electron chi connectivity index (χ0n) is 29.7. The number of hydrogen-bond donors (Lipinski definition) is 3. The molecule has 0 fully saturated rings. The van der Waals surface area contributed by atoms with Gasteiger partial charge in [0.25, 0.3) is 0 Å². The highest BCUT2D eigenvalue weighted by Gasteiger charge is 2.25. The first-order valence-electron chi connectivity index (χ1n) is 17.0. The van der Waals surface area contributed by atoms with Gasteiger partial charge in [-0.15, -0.1) is 0 Å². The number of nitrogens with one attached hydrogen (secondary N) is 2. The molecule has 13 nitrogen and oxygen atoms in total. The van der Waals surface area contributed by atoms with Crippen LogP contribution in [0.25, 0.3) is 11.2 Å². The van der Waals surface area contributed by atoms with Gasteiger partial charge in [-0.05, 0) is 54.9 Å². The third-order valence-corrected chi connectivity index (χ3v) is 9.77. The van der Waals surface area contributed by atoms with Crippen molar-refractivity contribution < 1.29 is 28.4 Å². The average Bonchev–Trinajstić information content (AvgIpc) is 3.50. The van der Waals surface area contributed by atoms with Gasteiger partial charge in [-0.1, -0.05) is 70.5 Å². The van der Waals surface area contributed by atoms with E-state index < -0.39 is 7.44 Å². The fraction of sp³-hybridized carbons (Fsp3) is 0.472. The van der Waals surface area contributed by atoms with Crippen molar-refractivity contribution in [1.82, 2.24) is 29.7 Å². The van der Waals surface area contributed by atoms with Crippen molar-refractivity contribution in [2.24, 2.45) is 5.41 Å². The molecule has 0 amide bonds. The number of carbonyl (C=O) groups excluding carboxylic acids is 2. The van der Waals surface area contributed by atoms with Gasteiger partial charge >= 0.3 is 11.9 Å². The van der Waals surface area contributed by atoms with Crippen LogP contribution in [0.1, 0.15) is 79.3 Å². The first-order valence-corrected chi connectivity index (χ1v) is 18.9. The van der Waals surface area contributed by atoms with E-state index in [4.69, 9.17) is 19.9 Å². The summed E-state index contributed by atoms with van der Waals surface area (Å²) >= 11 is 0. The van der Waals surface area contributed by atoms with Gasteiger partial charge in [-0.2, -0.15) is 0 Å². The molecule has 2 aromatic carbocycles. The van der Waals surface area contributed by atoms with E-state index in [2.05, 4.69) is 25.1 Å². The Balaban J connectivity index is 1.43. The lowest BCUT2D eigenvalue weighted by molar-refractivity contribution is 0.0365. The molecule has 2 atom stereocenters. The van der Waals surface area contributed by atoms with Crippen LogP contribution in [0.4, 0.5) is 5.82 Å². The Morgan fingerprint density at radius 2 is 1.52 bits per heavy atom. The second-order valence-electron chi connectivity index (χ2n) is 13.4. The van der Waals surface area contributed by atoms with Gasteiger partial charge in [0.1, 0.15) is 18.2 Å². The summed E-state index contributed by atoms with van der Waals surface area (Å²) in [5, 5.41) is 6.39. The molecule has 0 aliphatic rings. The Bertz CT molecular complexity index is 1770. The summed E-state index contributed by atoms with van der Waals surface area (Å²) in [6, 6.07) is 14.6. The van der Waals surface area contributed by atoms with Gasteiger partial charge in [0.15, 0.2) is 11.5 Å². The summed E-state index contributed by atoms with van der Waals surface area (Å²) < 4.78 is 33.4. The largest absolute Gasteiger partial charge is 0.462 e. The van der Waals surface area contributed by atoms with E-state index in [9.17, 15) is 14.2 Å². The fourth-order valence-electron chi connectivity index (χ4n) is 5.11. The molecule has 270 valence electrons. The van der Waals surface area contributed by atoms with E-state index in [0.29, 0.717) is 73.8 Å². The SMILES string of the molecule is CCCCOC(=O)c1ccccc1CCNP(=O)(CO[C@H](C)Cn1cnc2c(N)ncnc21)NCCc1ccccc1C(=O)OCC(C)(C)C. The highest BCUT2D eigenvalue weighted by Crippen LogP contribution is 2.36. The third-order valence-electron chi connectivity index (χ3n) is 7.79. The maximum atomic E-state index is 14.4. The van der Waals surface area contributed by atoms with Gasteiger partial charge in [0.05, 0.1) is 43.3 Å². The predicted molar refractivity (Wildman–Crippen MR) is 194 cm³/mol. The Morgan fingerprint density at radius 1 is 0.920 bits per heavy atom. The van der Waals surface area contributed by atoms with Crippen LogP contribution in [-0.2, 0) is 38.2 Å². The van der Waals surface area contributed by atoms with Gasteiger partial charge < -0.3 is 24.5 Å². The molecular formula is C36H50N7O6P. The second-order valence-corrected chi connectivity index (χ2v) is 15.8. The van der Waals surface area contributed by atoms with Gasteiger partial charge in [0.2, 0.25) is 7.44 Å². The Labute approximate surface area is 294 Å². The second kappa shape index (κ2) is 18.2. The van der Waals surface area contributed by atoms with Gasteiger partial charge in [0, 0.05) is 13.1 Å². The summed E-state index contributed by atoms with van der Waals surface area (Å²) in [7, 11) is -3.35. The van der Waals surface area contributed by atoms with E-state index in [0.717, 1.165) is 24.0 Å². The van der Waals surface area contributed by atoms with Crippen molar-refractivity contribution in [2.75, 3.05) is 38.4 Å². The van der Waals surface area contributed by atoms with E-state index in [1.54, 1.807) is 30.6 Å². The average molecular weight is 708 g/mol. The molecule has 1 unspecified atom stereocenters. The van der Waals surface area contributed by atoms with E-state index >= 15 is 0 Å². The number of aromatic nitrogens is 4. The van der Waals surface area contributed by atoms with Crippen molar-refractivity contribution in [3.05, 3.63) is 83.4 Å². The third kappa shape index (κ3) is 11.4. The van der Waals surface area contributed by atoms with E-state index in [-0.39, 0.29) is 29.8 Å². The summed E-state index contributed by atoms with van der Waals surface area (Å²) in [4.78, 5) is 38.3. The number of hydrogen-bond acceptors (Lipinski definition) is 10. The Kier molecular flexibility index (Phi) is 14.1. The lowest BCUT2D eigenvalue weighted by atomic mass is 9.98. The van der Waals surface area contributed by atoms with Crippen LogP contribution < -0.4 is 15.9 Å². The van der Waals surface area contributed by atoms with Crippen molar-refractivity contribution >= 4 is 36.4 Å². The first-order chi connectivity index (χ1) is 23.9.